The first-order chi connectivity index (χ1) is 8.59. The van der Waals surface area contributed by atoms with Crippen LogP contribution >= 0.6 is 0 Å². The van der Waals surface area contributed by atoms with Gasteiger partial charge in [-0.05, 0) is 33.1 Å². The molecular formula is C14H26N2O2. The molecule has 1 aromatic rings. The first kappa shape index (κ1) is 15.2. The molecule has 0 spiro atoms. The highest BCUT2D eigenvalue weighted by Gasteiger charge is 2.06. The average molecular weight is 254 g/mol. The first-order valence-corrected chi connectivity index (χ1v) is 6.60. The molecule has 0 saturated heterocycles. The Balaban J connectivity index is 2.23. The van der Waals surface area contributed by atoms with Gasteiger partial charge in [0.05, 0.1) is 6.26 Å². The van der Waals surface area contributed by atoms with Crippen molar-refractivity contribution in [2.75, 3.05) is 27.2 Å². The third-order valence-corrected chi connectivity index (χ3v) is 2.67. The highest BCUT2D eigenvalue weighted by atomic mass is 16.5. The van der Waals surface area contributed by atoms with E-state index in [0.717, 1.165) is 31.9 Å². The molecule has 0 aromatic carbocycles. The molecular weight excluding hydrogens is 228 g/mol. The monoisotopic (exact) mass is 254 g/mol. The van der Waals surface area contributed by atoms with Crippen LogP contribution in [-0.4, -0.2) is 38.2 Å². The number of hydrogen-bond donors (Lipinski definition) is 1. The number of nitrogens with one attached hydrogen (secondary N) is 1. The van der Waals surface area contributed by atoms with Gasteiger partial charge in [-0.15, -0.1) is 0 Å². The molecule has 0 aliphatic rings. The van der Waals surface area contributed by atoms with Crippen molar-refractivity contribution in [1.29, 1.82) is 0 Å². The molecule has 0 radical (unpaired) electrons. The summed E-state index contributed by atoms with van der Waals surface area (Å²) in [6.07, 6.45) is 2.78. The fourth-order valence-electron chi connectivity index (χ4n) is 1.61. The molecule has 4 nitrogen and oxygen atoms in total. The van der Waals surface area contributed by atoms with Gasteiger partial charge in [0.2, 0.25) is 0 Å². The summed E-state index contributed by atoms with van der Waals surface area (Å²) >= 11 is 0. The minimum Gasteiger partial charge on any atom is -0.467 e. The predicted octanol–water partition coefficient (Wildman–Crippen LogP) is 2.25. The lowest BCUT2D eigenvalue weighted by Gasteiger charge is -2.10. The van der Waals surface area contributed by atoms with Crippen molar-refractivity contribution in [2.45, 2.75) is 39.5 Å². The maximum atomic E-state index is 5.63. The summed E-state index contributed by atoms with van der Waals surface area (Å²) in [6, 6.07) is 2.49. The largest absolute Gasteiger partial charge is 0.467 e. The van der Waals surface area contributed by atoms with Crippen LogP contribution in [-0.2, 0) is 17.9 Å². The molecule has 1 heterocycles. The summed E-state index contributed by atoms with van der Waals surface area (Å²) in [7, 11) is 4.14. The van der Waals surface area contributed by atoms with E-state index in [9.17, 15) is 0 Å². The predicted molar refractivity (Wildman–Crippen MR) is 73.5 cm³/mol. The zero-order valence-corrected chi connectivity index (χ0v) is 12.0. The molecule has 4 heteroatoms. The number of rotatable bonds is 9. The highest BCUT2D eigenvalue weighted by molar-refractivity contribution is 5.16. The van der Waals surface area contributed by atoms with E-state index in [-0.39, 0.29) is 0 Å². The van der Waals surface area contributed by atoms with Crippen LogP contribution < -0.4 is 5.32 Å². The second-order valence-corrected chi connectivity index (χ2v) is 5.11. The fourth-order valence-corrected chi connectivity index (χ4v) is 1.61. The summed E-state index contributed by atoms with van der Waals surface area (Å²) in [5, 5.41) is 3.38. The lowest BCUT2D eigenvalue weighted by molar-refractivity contribution is 0.0985. The van der Waals surface area contributed by atoms with Gasteiger partial charge in [-0.3, -0.25) is 0 Å². The molecule has 1 aromatic heterocycles. The Morgan fingerprint density at radius 2 is 2.17 bits per heavy atom. The van der Waals surface area contributed by atoms with E-state index in [1.165, 1.54) is 5.56 Å². The van der Waals surface area contributed by atoms with Crippen LogP contribution in [0.25, 0.3) is 0 Å². The zero-order valence-electron chi connectivity index (χ0n) is 12.0. The van der Waals surface area contributed by atoms with Crippen molar-refractivity contribution in [1.82, 2.24) is 10.2 Å². The summed E-state index contributed by atoms with van der Waals surface area (Å²) in [5.41, 5.74) is 1.19. The van der Waals surface area contributed by atoms with Crippen molar-refractivity contribution < 1.29 is 9.15 Å². The minimum atomic E-state index is 0.480. The second-order valence-electron chi connectivity index (χ2n) is 5.11. The van der Waals surface area contributed by atoms with E-state index in [1.54, 1.807) is 6.26 Å². The molecule has 0 aliphatic carbocycles. The Morgan fingerprint density at radius 3 is 2.83 bits per heavy atom. The molecule has 0 unspecified atom stereocenters. The van der Waals surface area contributed by atoms with E-state index < -0.39 is 0 Å². The zero-order chi connectivity index (χ0) is 13.4. The summed E-state index contributed by atoms with van der Waals surface area (Å²) in [4.78, 5) is 2.16. The van der Waals surface area contributed by atoms with E-state index >= 15 is 0 Å². The van der Waals surface area contributed by atoms with Crippen molar-refractivity contribution in [2.24, 2.45) is 0 Å². The Labute approximate surface area is 110 Å². The third-order valence-electron chi connectivity index (χ3n) is 2.67. The number of nitrogens with zero attached hydrogens (tertiary/aromatic N) is 1. The van der Waals surface area contributed by atoms with Gasteiger partial charge in [-0.2, -0.15) is 0 Å². The molecule has 104 valence electrons. The summed E-state index contributed by atoms with van der Waals surface area (Å²) in [5.74, 6) is 0.938. The van der Waals surface area contributed by atoms with Gasteiger partial charge in [0, 0.05) is 24.8 Å². The van der Waals surface area contributed by atoms with Crippen LogP contribution in [0.3, 0.4) is 0 Å². The van der Waals surface area contributed by atoms with Gasteiger partial charge < -0.3 is 19.4 Å². The Morgan fingerprint density at radius 1 is 1.39 bits per heavy atom. The smallest absolute Gasteiger partial charge is 0.133 e. The van der Waals surface area contributed by atoms with Gasteiger partial charge in [-0.25, -0.2) is 0 Å². The number of hydrogen-bond acceptors (Lipinski definition) is 4. The first-order valence-electron chi connectivity index (χ1n) is 6.60. The molecule has 1 N–H and O–H groups in total. The maximum absolute atomic E-state index is 5.63. The van der Waals surface area contributed by atoms with Crippen LogP contribution in [0.4, 0.5) is 0 Å². The molecule has 0 aliphatic heterocycles. The van der Waals surface area contributed by atoms with Gasteiger partial charge in [0.15, 0.2) is 0 Å². The summed E-state index contributed by atoms with van der Waals surface area (Å²) < 4.78 is 11.1. The van der Waals surface area contributed by atoms with E-state index in [0.29, 0.717) is 12.6 Å². The molecule has 0 atom stereocenters. The number of furan rings is 1. The Bertz CT molecular complexity index is 321. The van der Waals surface area contributed by atoms with Crippen LogP contribution in [0.1, 0.15) is 31.6 Å². The second kappa shape index (κ2) is 8.29. The standard InChI is InChI=1S/C14H26N2O2/c1-12(2)15-10-13-6-9-18-14(13)11-17-8-5-7-16(3)4/h6,9,12,15H,5,7-8,10-11H2,1-4H3. The topological polar surface area (TPSA) is 37.6 Å². The molecule has 0 amide bonds. The minimum absolute atomic E-state index is 0.480. The van der Waals surface area contributed by atoms with Crippen molar-refractivity contribution >= 4 is 0 Å². The van der Waals surface area contributed by atoms with Crippen molar-refractivity contribution in [3.63, 3.8) is 0 Å². The van der Waals surface area contributed by atoms with E-state index in [1.807, 2.05) is 6.07 Å². The fraction of sp³-hybridized carbons (Fsp3) is 0.714. The SMILES string of the molecule is CC(C)NCc1ccoc1COCCCN(C)C. The molecule has 0 saturated carbocycles. The molecule has 1 rings (SSSR count). The van der Waals surface area contributed by atoms with Crippen LogP contribution in [0.2, 0.25) is 0 Å². The van der Waals surface area contributed by atoms with E-state index in [2.05, 4.69) is 38.2 Å². The van der Waals surface area contributed by atoms with Gasteiger partial charge in [0.1, 0.15) is 12.4 Å². The average Bonchev–Trinajstić information content (AvgIpc) is 2.73. The summed E-state index contributed by atoms with van der Waals surface area (Å²) in [6.45, 7) is 7.50. The number of ether oxygens (including phenoxy) is 1. The van der Waals surface area contributed by atoms with Gasteiger partial charge in [-0.1, -0.05) is 13.8 Å². The Hall–Kier alpha value is -0.840. The maximum Gasteiger partial charge on any atom is 0.133 e. The van der Waals surface area contributed by atoms with Crippen LogP contribution in [0.5, 0.6) is 0 Å². The lowest BCUT2D eigenvalue weighted by atomic mass is 10.2. The van der Waals surface area contributed by atoms with Crippen LogP contribution in [0.15, 0.2) is 16.7 Å². The van der Waals surface area contributed by atoms with Crippen molar-refractivity contribution in [3.05, 3.63) is 23.7 Å². The Kier molecular flexibility index (Phi) is 7.01. The quantitative estimate of drug-likeness (QED) is 0.686. The van der Waals surface area contributed by atoms with E-state index in [4.69, 9.17) is 9.15 Å². The normalized spacial score (nSPS) is 11.7. The third kappa shape index (κ3) is 6.19. The van der Waals surface area contributed by atoms with Gasteiger partial charge >= 0.3 is 0 Å². The van der Waals surface area contributed by atoms with Crippen molar-refractivity contribution in [3.8, 4) is 0 Å². The molecule has 18 heavy (non-hydrogen) atoms. The molecule has 0 bridgehead atoms. The lowest BCUT2D eigenvalue weighted by Crippen LogP contribution is -2.22. The molecule has 0 fully saturated rings. The highest BCUT2D eigenvalue weighted by Crippen LogP contribution is 2.12. The van der Waals surface area contributed by atoms with Crippen LogP contribution in [0, 0.1) is 0 Å². The van der Waals surface area contributed by atoms with Gasteiger partial charge in [0.25, 0.3) is 0 Å².